The van der Waals surface area contributed by atoms with Crippen LogP contribution in [-0.4, -0.2) is 38.7 Å². The highest BCUT2D eigenvalue weighted by molar-refractivity contribution is 6.27. The predicted molar refractivity (Wildman–Crippen MR) is 131 cm³/mol. The van der Waals surface area contributed by atoms with Crippen LogP contribution in [0.5, 0.6) is 17.2 Å². The number of amides is 1. The molecule has 176 valence electrons. The van der Waals surface area contributed by atoms with Crippen LogP contribution in [-0.2, 0) is 17.8 Å². The number of nitrogens with zero attached hydrogens (tertiary/aromatic N) is 1. The molecular weight excluding hydrogens is 433 g/mol. The highest BCUT2D eigenvalue weighted by atomic mass is 19.1. The first kappa shape index (κ1) is 23.4. The van der Waals surface area contributed by atoms with Gasteiger partial charge in [-0.05, 0) is 77.6 Å². The molecule has 1 heterocycles. The van der Waals surface area contributed by atoms with Crippen LogP contribution in [0.1, 0.15) is 29.2 Å². The van der Waals surface area contributed by atoms with E-state index in [1.54, 1.807) is 27.4 Å². The molecule has 0 bridgehead atoms. The zero-order valence-corrected chi connectivity index (χ0v) is 19.9. The Bertz CT molecular complexity index is 1230. The summed E-state index contributed by atoms with van der Waals surface area (Å²) in [5.41, 5.74) is 4.66. The molecule has 0 saturated heterocycles. The minimum absolute atomic E-state index is 0.108. The van der Waals surface area contributed by atoms with Gasteiger partial charge in [-0.25, -0.2) is 4.39 Å². The molecule has 0 aromatic heterocycles. The lowest BCUT2D eigenvalue weighted by Crippen LogP contribution is -2.31. The summed E-state index contributed by atoms with van der Waals surface area (Å²) in [6.07, 6.45) is 0.650. The predicted octanol–water partition coefficient (Wildman–Crippen LogP) is 5.37. The van der Waals surface area contributed by atoms with E-state index in [-0.39, 0.29) is 11.7 Å². The average molecular weight is 462 g/mol. The van der Waals surface area contributed by atoms with Crippen molar-refractivity contribution in [2.75, 3.05) is 27.9 Å². The van der Waals surface area contributed by atoms with Crippen LogP contribution in [0.3, 0.4) is 0 Å². The summed E-state index contributed by atoms with van der Waals surface area (Å²) in [5.74, 6) is 1.46. The van der Waals surface area contributed by atoms with E-state index in [0.29, 0.717) is 47.7 Å². The second kappa shape index (κ2) is 10.00. The lowest BCUT2D eigenvalue weighted by Gasteiger charge is -2.23. The van der Waals surface area contributed by atoms with Crippen LogP contribution >= 0.6 is 0 Å². The number of hydrogen-bond acceptors (Lipinski definition) is 4. The van der Waals surface area contributed by atoms with Crippen LogP contribution in [0, 0.1) is 5.82 Å². The first-order valence-electron chi connectivity index (χ1n) is 11.1. The summed E-state index contributed by atoms with van der Waals surface area (Å²) in [6.45, 7) is 2.84. The zero-order chi connectivity index (χ0) is 24.2. The number of methoxy groups -OCH3 is 3. The highest BCUT2D eigenvalue weighted by Crippen LogP contribution is 2.39. The van der Waals surface area contributed by atoms with Gasteiger partial charge in [0.25, 0.3) is 5.91 Å². The van der Waals surface area contributed by atoms with Gasteiger partial charge in [0.15, 0.2) is 11.5 Å². The maximum absolute atomic E-state index is 14.0. The van der Waals surface area contributed by atoms with E-state index >= 15 is 0 Å². The fraction of sp³-hybridized carbons (Fsp3) is 0.250. The van der Waals surface area contributed by atoms with Crippen molar-refractivity contribution in [3.05, 3.63) is 88.7 Å². The second-order valence-electron chi connectivity index (χ2n) is 8.20. The lowest BCUT2D eigenvalue weighted by molar-refractivity contribution is -0.125. The normalized spacial score (nSPS) is 14.9. The minimum atomic E-state index is -0.346. The zero-order valence-electron chi connectivity index (χ0n) is 19.9. The van der Waals surface area contributed by atoms with Crippen LogP contribution in [0.15, 0.2) is 60.7 Å². The molecular formula is C28H28FNO4. The topological polar surface area (TPSA) is 48.0 Å². The largest absolute Gasteiger partial charge is 0.497 e. The van der Waals surface area contributed by atoms with E-state index in [4.69, 9.17) is 14.2 Å². The van der Waals surface area contributed by atoms with Gasteiger partial charge in [0.2, 0.25) is 0 Å². The van der Waals surface area contributed by atoms with Gasteiger partial charge in [0.1, 0.15) is 11.6 Å². The van der Waals surface area contributed by atoms with Crippen molar-refractivity contribution < 1.29 is 23.4 Å². The Balaban J connectivity index is 1.84. The summed E-state index contributed by atoms with van der Waals surface area (Å²) in [4.78, 5) is 15.8. The molecule has 34 heavy (non-hydrogen) atoms. The fourth-order valence-corrected chi connectivity index (χ4v) is 4.32. The average Bonchev–Trinajstić information content (AvgIpc) is 2.99. The molecule has 0 aliphatic carbocycles. The van der Waals surface area contributed by atoms with Crippen molar-refractivity contribution in [3.8, 4) is 17.2 Å². The molecule has 0 spiro atoms. The molecule has 0 atom stereocenters. The smallest absolute Gasteiger partial charge is 0.255 e. The molecule has 3 aromatic carbocycles. The molecule has 4 rings (SSSR count). The maximum Gasteiger partial charge on any atom is 0.255 e. The fourth-order valence-electron chi connectivity index (χ4n) is 4.32. The Morgan fingerprint density at radius 2 is 1.65 bits per heavy atom. The Morgan fingerprint density at radius 3 is 2.29 bits per heavy atom. The third kappa shape index (κ3) is 4.62. The number of carbonyl (C=O) groups excluding carboxylic acids is 1. The summed E-state index contributed by atoms with van der Waals surface area (Å²) in [7, 11) is 4.79. The number of halogens is 1. The molecule has 6 heteroatoms. The molecule has 3 aromatic rings. The number of rotatable bonds is 6. The van der Waals surface area contributed by atoms with Crippen molar-refractivity contribution >= 4 is 17.1 Å². The van der Waals surface area contributed by atoms with Gasteiger partial charge < -0.3 is 19.1 Å². The molecule has 1 aliphatic rings. The van der Waals surface area contributed by atoms with E-state index in [1.165, 1.54) is 12.1 Å². The highest BCUT2D eigenvalue weighted by Gasteiger charge is 2.29. The standard InChI is InChI=1S/C28H28FNO4/c1-18(20-6-5-7-22(29)14-20)27-24-16-26(34-4)25(33-3)15-21(24)12-13-30(28(27)31)17-19-8-10-23(32-2)11-9-19/h5-11,14-16H,12-13,17H2,1-4H3/b27-18+. The molecule has 0 fully saturated rings. The minimum Gasteiger partial charge on any atom is -0.497 e. The van der Waals surface area contributed by atoms with Gasteiger partial charge in [0, 0.05) is 13.1 Å². The van der Waals surface area contributed by atoms with Crippen molar-refractivity contribution in [1.82, 2.24) is 4.90 Å². The van der Waals surface area contributed by atoms with Gasteiger partial charge in [-0.15, -0.1) is 0 Å². The van der Waals surface area contributed by atoms with Crippen molar-refractivity contribution in [2.24, 2.45) is 0 Å². The van der Waals surface area contributed by atoms with Gasteiger partial charge in [-0.1, -0.05) is 24.3 Å². The van der Waals surface area contributed by atoms with Crippen LogP contribution < -0.4 is 14.2 Å². The number of allylic oxidation sites excluding steroid dienone is 1. The monoisotopic (exact) mass is 461 g/mol. The number of hydrogen-bond donors (Lipinski definition) is 0. The number of carbonyl (C=O) groups is 1. The Hall–Kier alpha value is -3.80. The number of benzene rings is 3. The summed E-state index contributed by atoms with van der Waals surface area (Å²) in [5, 5.41) is 0. The van der Waals surface area contributed by atoms with Crippen molar-refractivity contribution in [2.45, 2.75) is 19.9 Å². The van der Waals surface area contributed by atoms with E-state index in [2.05, 4.69) is 0 Å². The first-order valence-corrected chi connectivity index (χ1v) is 11.1. The van der Waals surface area contributed by atoms with Gasteiger partial charge >= 0.3 is 0 Å². The summed E-state index contributed by atoms with van der Waals surface area (Å²) >= 11 is 0. The van der Waals surface area contributed by atoms with Crippen LogP contribution in [0.25, 0.3) is 11.1 Å². The van der Waals surface area contributed by atoms with Gasteiger partial charge in [0.05, 0.1) is 26.9 Å². The third-order valence-electron chi connectivity index (χ3n) is 6.20. The van der Waals surface area contributed by atoms with E-state index in [0.717, 1.165) is 22.4 Å². The van der Waals surface area contributed by atoms with E-state index in [1.807, 2.05) is 54.3 Å². The summed E-state index contributed by atoms with van der Waals surface area (Å²) < 4.78 is 30.3. The third-order valence-corrected chi connectivity index (χ3v) is 6.20. The lowest BCUT2D eigenvalue weighted by atomic mass is 9.91. The molecule has 1 amide bonds. The van der Waals surface area contributed by atoms with Crippen molar-refractivity contribution in [3.63, 3.8) is 0 Å². The molecule has 0 N–H and O–H groups in total. The molecule has 1 aliphatic heterocycles. The summed E-state index contributed by atoms with van der Waals surface area (Å²) in [6, 6.07) is 17.8. The molecule has 0 saturated carbocycles. The Morgan fingerprint density at radius 1 is 0.941 bits per heavy atom. The van der Waals surface area contributed by atoms with Crippen LogP contribution in [0.4, 0.5) is 4.39 Å². The Kier molecular flexibility index (Phi) is 6.87. The SMILES string of the molecule is COc1ccc(CN2CCc3cc(OC)c(OC)cc3/C(=C(/C)c3cccc(F)c3)C2=O)cc1. The van der Waals surface area contributed by atoms with E-state index < -0.39 is 0 Å². The Labute approximate surface area is 199 Å². The number of ether oxygens (including phenoxy) is 3. The molecule has 5 nitrogen and oxygen atoms in total. The molecule has 0 unspecified atom stereocenters. The second-order valence-corrected chi connectivity index (χ2v) is 8.20. The van der Waals surface area contributed by atoms with E-state index in [9.17, 15) is 9.18 Å². The number of fused-ring (bicyclic) bond motifs is 1. The molecule has 0 radical (unpaired) electrons. The quantitative estimate of drug-likeness (QED) is 0.463. The van der Waals surface area contributed by atoms with Gasteiger partial charge in [-0.2, -0.15) is 0 Å². The van der Waals surface area contributed by atoms with Crippen molar-refractivity contribution in [1.29, 1.82) is 0 Å². The maximum atomic E-state index is 14.0. The van der Waals surface area contributed by atoms with Crippen LogP contribution in [0.2, 0.25) is 0 Å². The first-order chi connectivity index (χ1) is 16.4. The van der Waals surface area contributed by atoms with Gasteiger partial charge in [-0.3, -0.25) is 4.79 Å².